The summed E-state index contributed by atoms with van der Waals surface area (Å²) in [5.74, 6) is -0.345. The average Bonchev–Trinajstić information content (AvgIpc) is 2.36. The molecule has 1 aromatic carbocycles. The average molecular weight is 254 g/mol. The summed E-state index contributed by atoms with van der Waals surface area (Å²) in [5, 5.41) is 9.16. The third-order valence-electron chi connectivity index (χ3n) is 3.22. The number of allylic oxidation sites excluding steroid dienone is 1. The maximum Gasteiger partial charge on any atom is 0.124 e. The number of aliphatic imine (C=N–C) groups is 1. The van der Waals surface area contributed by atoms with Gasteiger partial charge in [0.25, 0.3) is 0 Å². The summed E-state index contributed by atoms with van der Waals surface area (Å²) in [5.41, 5.74) is 4.35. The third kappa shape index (κ3) is 2.39. The minimum atomic E-state index is -0.345. The summed E-state index contributed by atoms with van der Waals surface area (Å²) in [6.45, 7) is 3.94. The molecule has 0 bridgehead atoms. The fourth-order valence-corrected chi connectivity index (χ4v) is 2.53. The van der Waals surface area contributed by atoms with E-state index in [1.807, 2.05) is 32.0 Å². The maximum absolute atomic E-state index is 9.16. The molecule has 0 spiro atoms. The van der Waals surface area contributed by atoms with Crippen LogP contribution >= 0.6 is 12.2 Å². The molecule has 0 N–H and O–H groups in total. The Hall–Kier alpha value is -1.79. The topological polar surface area (TPSA) is 36.1 Å². The van der Waals surface area contributed by atoms with Crippen molar-refractivity contribution in [2.45, 2.75) is 20.3 Å². The highest BCUT2D eigenvalue weighted by Gasteiger charge is 2.24. The van der Waals surface area contributed by atoms with Crippen molar-refractivity contribution in [1.82, 2.24) is 0 Å². The number of nitrogens with zero attached hydrogens (tertiary/aromatic N) is 2. The molecule has 0 amide bonds. The van der Waals surface area contributed by atoms with E-state index in [1.54, 1.807) is 0 Å². The zero-order valence-corrected chi connectivity index (χ0v) is 11.3. The smallest absolute Gasteiger partial charge is 0.124 e. The van der Waals surface area contributed by atoms with Crippen LogP contribution < -0.4 is 0 Å². The summed E-state index contributed by atoms with van der Waals surface area (Å²) in [4.78, 5) is 4.82. The summed E-state index contributed by atoms with van der Waals surface area (Å²) >= 11 is 5.15. The molecule has 1 heterocycles. The molecular formula is C15H14N2S. The monoisotopic (exact) mass is 254 g/mol. The van der Waals surface area contributed by atoms with Gasteiger partial charge in [0.15, 0.2) is 0 Å². The van der Waals surface area contributed by atoms with Gasteiger partial charge in [-0.3, -0.25) is 0 Å². The molecular weight excluding hydrogens is 240 g/mol. The van der Waals surface area contributed by atoms with Crippen LogP contribution in [0.5, 0.6) is 0 Å². The van der Waals surface area contributed by atoms with Crippen LogP contribution in [0.2, 0.25) is 0 Å². The van der Waals surface area contributed by atoms with E-state index in [9.17, 15) is 0 Å². The Morgan fingerprint density at radius 1 is 1.28 bits per heavy atom. The highest BCUT2D eigenvalue weighted by molar-refractivity contribution is 7.80. The normalized spacial score (nSPS) is 19.5. The molecule has 0 saturated carbocycles. The molecule has 1 unspecified atom stereocenters. The van der Waals surface area contributed by atoms with Gasteiger partial charge in [-0.25, -0.2) is 4.99 Å². The largest absolute Gasteiger partial charge is 0.244 e. The minimum absolute atomic E-state index is 0.345. The molecule has 1 atom stereocenters. The van der Waals surface area contributed by atoms with Crippen molar-refractivity contribution in [3.63, 3.8) is 0 Å². The van der Waals surface area contributed by atoms with Crippen molar-refractivity contribution >= 4 is 22.9 Å². The van der Waals surface area contributed by atoms with Crippen molar-refractivity contribution in [3.05, 3.63) is 47.0 Å². The molecule has 0 aliphatic carbocycles. The summed E-state index contributed by atoms with van der Waals surface area (Å²) < 4.78 is 0. The standard InChI is InChI=1S/C15H14N2S/c1-10-13(8-12-6-4-3-5-7-12)11(2)17-15(18)14(10)9-16/h3-7,14H,8H2,1-2H3. The molecule has 0 radical (unpaired) electrons. The first-order valence-electron chi connectivity index (χ1n) is 5.86. The van der Waals surface area contributed by atoms with Gasteiger partial charge in [-0.2, -0.15) is 5.26 Å². The zero-order chi connectivity index (χ0) is 13.1. The third-order valence-corrected chi connectivity index (χ3v) is 3.55. The quantitative estimate of drug-likeness (QED) is 0.757. The van der Waals surface area contributed by atoms with Crippen molar-refractivity contribution in [1.29, 1.82) is 5.26 Å². The van der Waals surface area contributed by atoms with Crippen molar-refractivity contribution in [2.24, 2.45) is 10.9 Å². The highest BCUT2D eigenvalue weighted by Crippen LogP contribution is 2.26. The molecule has 1 aromatic rings. The van der Waals surface area contributed by atoms with Gasteiger partial charge in [0.2, 0.25) is 0 Å². The minimum Gasteiger partial charge on any atom is -0.244 e. The first kappa shape index (κ1) is 12.7. The number of hydrogen-bond donors (Lipinski definition) is 0. The van der Waals surface area contributed by atoms with Crippen LogP contribution in [-0.2, 0) is 6.42 Å². The fourth-order valence-electron chi connectivity index (χ4n) is 2.16. The van der Waals surface area contributed by atoms with E-state index in [4.69, 9.17) is 17.5 Å². The first-order chi connectivity index (χ1) is 8.63. The van der Waals surface area contributed by atoms with E-state index in [0.717, 1.165) is 23.3 Å². The Balaban J connectivity index is 2.37. The predicted molar refractivity (Wildman–Crippen MR) is 77.7 cm³/mol. The second-order valence-electron chi connectivity index (χ2n) is 4.42. The molecule has 1 aliphatic heterocycles. The zero-order valence-electron chi connectivity index (χ0n) is 10.5. The van der Waals surface area contributed by atoms with Crippen LogP contribution in [0.3, 0.4) is 0 Å². The second kappa shape index (κ2) is 5.24. The van der Waals surface area contributed by atoms with Gasteiger partial charge in [-0.15, -0.1) is 0 Å². The van der Waals surface area contributed by atoms with Crippen LogP contribution in [0, 0.1) is 17.2 Å². The SMILES string of the molecule is CC1=NC(=S)C(C#N)C(C)=C1Cc1ccccc1. The van der Waals surface area contributed by atoms with Crippen LogP contribution in [-0.4, -0.2) is 10.7 Å². The second-order valence-corrected chi connectivity index (χ2v) is 4.84. The number of thiocarbonyl (C=S) groups is 1. The van der Waals surface area contributed by atoms with Gasteiger partial charge in [0.05, 0.1) is 6.07 Å². The Bertz CT molecular complexity index is 576. The number of hydrogen-bond acceptors (Lipinski definition) is 2. The molecule has 18 heavy (non-hydrogen) atoms. The molecule has 0 aromatic heterocycles. The Morgan fingerprint density at radius 3 is 2.56 bits per heavy atom. The Labute approximate surface area is 113 Å². The van der Waals surface area contributed by atoms with Crippen LogP contribution in [0.1, 0.15) is 19.4 Å². The van der Waals surface area contributed by atoms with E-state index < -0.39 is 0 Å². The number of benzene rings is 1. The van der Waals surface area contributed by atoms with Crippen LogP contribution in [0.25, 0.3) is 0 Å². The van der Waals surface area contributed by atoms with E-state index in [1.165, 1.54) is 5.56 Å². The molecule has 1 aliphatic rings. The summed E-state index contributed by atoms with van der Waals surface area (Å²) in [6.07, 6.45) is 0.808. The maximum atomic E-state index is 9.16. The van der Waals surface area contributed by atoms with Crippen LogP contribution in [0.4, 0.5) is 0 Å². The number of nitriles is 1. The van der Waals surface area contributed by atoms with E-state index in [2.05, 4.69) is 23.2 Å². The summed E-state index contributed by atoms with van der Waals surface area (Å²) in [6, 6.07) is 12.4. The van der Waals surface area contributed by atoms with Gasteiger partial charge in [-0.05, 0) is 37.0 Å². The molecule has 90 valence electrons. The van der Waals surface area contributed by atoms with Gasteiger partial charge >= 0.3 is 0 Å². The lowest BCUT2D eigenvalue weighted by Crippen LogP contribution is -2.21. The fraction of sp³-hybridized carbons (Fsp3) is 0.267. The van der Waals surface area contributed by atoms with E-state index in [-0.39, 0.29) is 5.92 Å². The van der Waals surface area contributed by atoms with Crippen molar-refractivity contribution in [3.8, 4) is 6.07 Å². The molecule has 0 saturated heterocycles. The molecule has 0 fully saturated rings. The van der Waals surface area contributed by atoms with E-state index in [0.29, 0.717) is 4.99 Å². The predicted octanol–water partition coefficient (Wildman–Crippen LogP) is 3.49. The lowest BCUT2D eigenvalue weighted by Gasteiger charge is -2.21. The van der Waals surface area contributed by atoms with Gasteiger partial charge < -0.3 is 0 Å². The van der Waals surface area contributed by atoms with Gasteiger partial charge in [0, 0.05) is 5.71 Å². The molecule has 3 heteroatoms. The van der Waals surface area contributed by atoms with Crippen molar-refractivity contribution < 1.29 is 0 Å². The lowest BCUT2D eigenvalue weighted by atomic mass is 9.88. The Morgan fingerprint density at radius 2 is 1.94 bits per heavy atom. The molecule has 2 rings (SSSR count). The lowest BCUT2D eigenvalue weighted by molar-refractivity contribution is 0.980. The Kier molecular flexibility index (Phi) is 3.69. The highest BCUT2D eigenvalue weighted by atomic mass is 32.1. The van der Waals surface area contributed by atoms with Gasteiger partial charge in [-0.1, -0.05) is 42.5 Å². The van der Waals surface area contributed by atoms with Crippen LogP contribution in [0.15, 0.2) is 46.5 Å². The number of rotatable bonds is 2. The number of dihydropyridines is 1. The first-order valence-corrected chi connectivity index (χ1v) is 6.27. The van der Waals surface area contributed by atoms with Crippen molar-refractivity contribution in [2.75, 3.05) is 0 Å². The molecule has 2 nitrogen and oxygen atoms in total. The summed E-state index contributed by atoms with van der Waals surface area (Å²) in [7, 11) is 0. The van der Waals surface area contributed by atoms with E-state index >= 15 is 0 Å². The van der Waals surface area contributed by atoms with Gasteiger partial charge in [0.1, 0.15) is 10.9 Å².